The molecule has 5 saturated carbocycles. The number of rotatable bonds is 8. The first-order chi connectivity index (χ1) is 21.6. The van der Waals surface area contributed by atoms with E-state index in [4.69, 9.17) is 24.7 Å². The first kappa shape index (κ1) is 34.3. The van der Waals surface area contributed by atoms with Gasteiger partial charge in [-0.15, -0.1) is 0 Å². The normalized spacial score (nSPS) is 44.6. The predicted octanol–water partition coefficient (Wildman–Crippen LogP) is 6.39. The quantitative estimate of drug-likeness (QED) is 0.313. The lowest BCUT2D eigenvalue weighted by Gasteiger charge is -2.64. The van der Waals surface area contributed by atoms with E-state index in [1.54, 1.807) is 7.11 Å². The number of hydrogen-bond acceptors (Lipinski definition) is 7. The van der Waals surface area contributed by atoms with E-state index in [2.05, 4.69) is 34.6 Å². The van der Waals surface area contributed by atoms with Gasteiger partial charge in [-0.05, 0) is 104 Å². The first-order valence-corrected chi connectivity index (χ1v) is 18.3. The average molecular weight is 647 g/mol. The number of nitrogens with two attached hydrogens (primary N) is 1. The zero-order valence-electron chi connectivity index (χ0n) is 29.8. The molecule has 1 aliphatic heterocycles. The summed E-state index contributed by atoms with van der Waals surface area (Å²) >= 11 is 0. The summed E-state index contributed by atoms with van der Waals surface area (Å²) in [5, 5.41) is 12.1. The number of carbonyl (C=O) groups excluding carboxylic acids is 2. The van der Waals surface area contributed by atoms with Gasteiger partial charge < -0.3 is 34.7 Å². The lowest BCUT2D eigenvalue weighted by atomic mass is 9.41. The zero-order chi connectivity index (χ0) is 33.4. The summed E-state index contributed by atoms with van der Waals surface area (Å²) in [4.78, 5) is 26.7. The van der Waals surface area contributed by atoms with Gasteiger partial charge in [0, 0.05) is 31.0 Å². The zero-order valence-corrected chi connectivity index (χ0v) is 29.8. The Kier molecular flexibility index (Phi) is 8.79. The molecule has 8 unspecified atom stereocenters. The Labute approximate surface area is 277 Å². The third-order valence-corrected chi connectivity index (χ3v) is 15.6. The lowest BCUT2D eigenvalue weighted by Crippen LogP contribution is -2.60. The van der Waals surface area contributed by atoms with E-state index in [-0.39, 0.29) is 57.4 Å². The minimum atomic E-state index is -0.761. The van der Waals surface area contributed by atoms with Crippen molar-refractivity contribution >= 4 is 12.2 Å². The molecule has 0 radical (unpaired) electrons. The van der Waals surface area contributed by atoms with Crippen LogP contribution in [0.25, 0.3) is 0 Å². The van der Waals surface area contributed by atoms with Gasteiger partial charge in [-0.1, -0.05) is 48.5 Å². The molecule has 0 aromatic rings. The molecule has 262 valence electrons. The molecule has 12 atom stereocenters. The van der Waals surface area contributed by atoms with Gasteiger partial charge in [-0.25, -0.2) is 9.59 Å². The number of aliphatic hydroxyl groups excluding tert-OH is 1. The molecular weight excluding hydrogens is 584 g/mol. The number of methoxy groups -OCH3 is 1. The Bertz CT molecular complexity index is 1170. The second kappa shape index (κ2) is 11.8. The Morgan fingerprint density at radius 1 is 0.978 bits per heavy atom. The molecule has 46 heavy (non-hydrogen) atoms. The van der Waals surface area contributed by atoms with Crippen molar-refractivity contribution < 1.29 is 33.6 Å². The minimum absolute atomic E-state index is 0.00887. The van der Waals surface area contributed by atoms with E-state index in [1.807, 2.05) is 18.7 Å². The van der Waals surface area contributed by atoms with Crippen LogP contribution in [0.4, 0.5) is 9.59 Å². The van der Waals surface area contributed by atoms with Gasteiger partial charge >= 0.3 is 12.2 Å². The maximum absolute atomic E-state index is 13.1. The molecule has 0 bridgehead atoms. The fraction of sp³-hybridized carbons (Fsp3) is 0.946. The van der Waals surface area contributed by atoms with Crippen molar-refractivity contribution in [3.05, 3.63) is 0 Å². The maximum atomic E-state index is 13.1. The molecule has 6 fully saturated rings. The van der Waals surface area contributed by atoms with E-state index in [9.17, 15) is 14.7 Å². The highest BCUT2D eigenvalue weighted by molar-refractivity contribution is 5.68. The Morgan fingerprint density at radius 2 is 1.63 bits per heavy atom. The van der Waals surface area contributed by atoms with Crippen LogP contribution in [0.15, 0.2) is 0 Å². The fourth-order valence-corrected chi connectivity index (χ4v) is 13.1. The highest BCUT2D eigenvalue weighted by atomic mass is 16.6. The van der Waals surface area contributed by atoms with Crippen LogP contribution in [0.3, 0.4) is 0 Å². The van der Waals surface area contributed by atoms with Crippen LogP contribution in [0.2, 0.25) is 0 Å². The van der Waals surface area contributed by atoms with Crippen molar-refractivity contribution in [3.8, 4) is 0 Å². The smallest absolute Gasteiger partial charge is 0.410 e. The van der Waals surface area contributed by atoms with Crippen LogP contribution in [-0.2, 0) is 18.9 Å². The van der Waals surface area contributed by atoms with E-state index >= 15 is 0 Å². The number of ether oxygens (including phenoxy) is 4. The monoisotopic (exact) mass is 646 g/mol. The van der Waals surface area contributed by atoms with Gasteiger partial charge in [0.05, 0.1) is 25.4 Å². The molecule has 5 aliphatic carbocycles. The molecule has 9 nitrogen and oxygen atoms in total. The second-order valence-corrected chi connectivity index (χ2v) is 17.7. The van der Waals surface area contributed by atoms with Crippen molar-refractivity contribution in [1.82, 2.24) is 4.90 Å². The number of morpholine rings is 1. The number of carbonyl (C=O) groups is 2. The largest absolute Gasteiger partial charge is 0.446 e. The van der Waals surface area contributed by atoms with Crippen molar-refractivity contribution in [1.29, 1.82) is 0 Å². The highest BCUT2D eigenvalue weighted by Crippen LogP contribution is 2.89. The molecule has 2 amide bonds. The molecule has 6 rings (SSSR count). The van der Waals surface area contributed by atoms with Gasteiger partial charge in [-0.2, -0.15) is 0 Å². The number of fused-ring (bicyclic) bond motifs is 2. The third-order valence-electron chi connectivity index (χ3n) is 15.6. The molecule has 6 aliphatic rings. The summed E-state index contributed by atoms with van der Waals surface area (Å²) in [7, 11) is 1.70. The third kappa shape index (κ3) is 4.86. The molecule has 3 N–H and O–H groups in total. The predicted molar refractivity (Wildman–Crippen MR) is 175 cm³/mol. The summed E-state index contributed by atoms with van der Waals surface area (Å²) in [6, 6.07) is 0. The van der Waals surface area contributed by atoms with Gasteiger partial charge in [0.25, 0.3) is 0 Å². The molecule has 0 aromatic carbocycles. The Hall–Kier alpha value is -1.58. The summed E-state index contributed by atoms with van der Waals surface area (Å²) in [6.45, 7) is 18.4. The average Bonchev–Trinajstić information content (AvgIpc) is 3.63. The first-order valence-electron chi connectivity index (χ1n) is 18.3. The molecule has 1 saturated heterocycles. The van der Waals surface area contributed by atoms with Crippen molar-refractivity contribution in [2.24, 2.45) is 62.4 Å². The van der Waals surface area contributed by atoms with Crippen molar-refractivity contribution in [2.75, 3.05) is 33.4 Å². The summed E-state index contributed by atoms with van der Waals surface area (Å²) in [5.74, 6) is 1.73. The summed E-state index contributed by atoms with van der Waals surface area (Å²) < 4.78 is 23.2. The summed E-state index contributed by atoms with van der Waals surface area (Å²) in [5.41, 5.74) is 5.76. The van der Waals surface area contributed by atoms with Crippen LogP contribution in [0, 0.1) is 56.7 Å². The summed E-state index contributed by atoms with van der Waals surface area (Å²) in [6.07, 6.45) is 7.48. The second-order valence-electron chi connectivity index (χ2n) is 17.7. The van der Waals surface area contributed by atoms with Gasteiger partial charge in [0.2, 0.25) is 0 Å². The fourth-order valence-electron chi connectivity index (χ4n) is 13.1. The van der Waals surface area contributed by atoms with E-state index in [1.165, 1.54) is 12.8 Å². The number of nitrogens with zero attached hydrogens (tertiary/aromatic N) is 1. The minimum Gasteiger partial charge on any atom is -0.446 e. The van der Waals surface area contributed by atoms with E-state index in [0.717, 1.165) is 44.9 Å². The Balaban J connectivity index is 1.20. The van der Waals surface area contributed by atoms with Gasteiger partial charge in [0.1, 0.15) is 12.2 Å². The van der Waals surface area contributed by atoms with E-state index in [0.29, 0.717) is 50.0 Å². The standard InChI is InChI=1S/C37H62N2O7/c1-22(2)30(46-31(38)41)25(43-8)19-23(3)24-20-28(40)35(7)27-10-9-26-33(4,5)29(45-32(42)39-15-17-44-18-16-39)11-12-36(26)21-37(27,36)14-13-34(24,35)6/h22-30,40H,9-21H2,1-8H3,(H2,38,41)/t23-,24-,25?,26?,27?,28+,29?,30?,34?,35-,36?,37?/m1/s1. The van der Waals surface area contributed by atoms with E-state index < -0.39 is 12.2 Å². The van der Waals surface area contributed by atoms with Crippen LogP contribution in [-0.4, -0.2) is 80.0 Å². The lowest BCUT2D eigenvalue weighted by molar-refractivity contribution is -0.183. The number of hydrogen-bond donors (Lipinski definition) is 2. The van der Waals surface area contributed by atoms with Gasteiger partial charge in [-0.3, -0.25) is 0 Å². The van der Waals surface area contributed by atoms with Crippen LogP contribution >= 0.6 is 0 Å². The van der Waals surface area contributed by atoms with Crippen LogP contribution in [0.5, 0.6) is 0 Å². The number of amides is 2. The highest BCUT2D eigenvalue weighted by Gasteiger charge is 2.83. The number of aliphatic hydroxyl groups is 1. The molecule has 9 heteroatoms. The maximum Gasteiger partial charge on any atom is 0.410 e. The molecule has 2 spiro atoms. The number of primary amides is 1. The van der Waals surface area contributed by atoms with Crippen molar-refractivity contribution in [3.63, 3.8) is 0 Å². The van der Waals surface area contributed by atoms with Crippen LogP contribution in [0.1, 0.15) is 106 Å². The Morgan fingerprint density at radius 3 is 2.26 bits per heavy atom. The molecule has 0 aromatic heterocycles. The van der Waals surface area contributed by atoms with Crippen molar-refractivity contribution in [2.45, 2.75) is 131 Å². The van der Waals surface area contributed by atoms with Crippen LogP contribution < -0.4 is 5.73 Å². The topological polar surface area (TPSA) is 121 Å². The van der Waals surface area contributed by atoms with Gasteiger partial charge in [0.15, 0.2) is 0 Å². The molecule has 1 heterocycles. The SMILES string of the molecule is COC(C[C@@H](C)[C@H]1C[C@H](O)[C@@]2(C)C3CCC4C(C)(C)C(OC(=O)N5CCOCC5)CCC45CC35CCC12C)C(OC(N)=O)C(C)C. The molecular formula is C37H62N2O7.